The van der Waals surface area contributed by atoms with Crippen molar-refractivity contribution in [1.29, 1.82) is 0 Å². The summed E-state index contributed by atoms with van der Waals surface area (Å²) in [5.41, 5.74) is 1.16. The number of carboxylic acids is 1. The fourth-order valence-corrected chi connectivity index (χ4v) is 5.01. The first kappa shape index (κ1) is 24.2. The molecule has 13 heteroatoms. The number of methoxy groups -OCH3 is 1. The largest absolute Gasteiger partial charge is 0.497 e. The summed E-state index contributed by atoms with van der Waals surface area (Å²) in [5.74, 6) is -1.19. The third-order valence-electron chi connectivity index (χ3n) is 5.43. The first-order valence-electron chi connectivity index (χ1n) is 10.2. The molecule has 2 atom stereocenters. The van der Waals surface area contributed by atoms with E-state index in [1.165, 1.54) is 13.3 Å². The van der Waals surface area contributed by atoms with Gasteiger partial charge in [0.25, 0.3) is 5.91 Å². The van der Waals surface area contributed by atoms with Crippen molar-refractivity contribution < 1.29 is 23.8 Å². The van der Waals surface area contributed by atoms with Crippen LogP contribution in [0.2, 0.25) is 10.0 Å². The molecular weight excluding hydrogens is 508 g/mol. The van der Waals surface area contributed by atoms with Crippen molar-refractivity contribution >= 4 is 51.5 Å². The maximum Gasteiger partial charge on any atom is 0.348 e. The lowest BCUT2D eigenvalue weighted by atomic mass is 10.0. The summed E-state index contributed by atoms with van der Waals surface area (Å²) in [7, 11) is 1.49. The fourth-order valence-electron chi connectivity index (χ4n) is 3.64. The quantitative estimate of drug-likeness (QED) is 0.439. The van der Waals surface area contributed by atoms with Gasteiger partial charge in [0.1, 0.15) is 28.2 Å². The molecule has 3 aromatic heterocycles. The van der Waals surface area contributed by atoms with Gasteiger partial charge in [0.2, 0.25) is 0 Å². The molecule has 1 amide bonds. The number of nitrogens with one attached hydrogen (secondary N) is 2. The molecule has 0 aliphatic carbocycles. The lowest BCUT2D eigenvalue weighted by molar-refractivity contribution is 0.0702. The van der Waals surface area contributed by atoms with Crippen molar-refractivity contribution in [1.82, 2.24) is 20.3 Å². The molecule has 34 heavy (non-hydrogen) atoms. The lowest BCUT2D eigenvalue weighted by Crippen LogP contribution is -2.52. The van der Waals surface area contributed by atoms with E-state index in [0.29, 0.717) is 28.8 Å². The minimum absolute atomic E-state index is 0.00442. The maximum atomic E-state index is 15.0. The molecule has 0 spiro atoms. The molecular formula is C21H20Cl2FN5O4S. The molecule has 1 aliphatic rings. The van der Waals surface area contributed by atoms with Gasteiger partial charge in [0, 0.05) is 24.5 Å². The number of alkyl halides is 1. The van der Waals surface area contributed by atoms with Gasteiger partial charge in [-0.2, -0.15) is 0 Å². The molecule has 9 nitrogen and oxygen atoms in total. The number of thiazole rings is 1. The predicted octanol–water partition coefficient (Wildman–Crippen LogP) is 4.20. The Morgan fingerprint density at radius 1 is 1.38 bits per heavy atom. The van der Waals surface area contributed by atoms with E-state index in [2.05, 4.69) is 20.3 Å². The number of carbonyl (C=O) groups is 2. The average molecular weight is 528 g/mol. The molecule has 0 unspecified atom stereocenters. The monoisotopic (exact) mass is 527 g/mol. The van der Waals surface area contributed by atoms with Crippen LogP contribution in [0.3, 0.4) is 0 Å². The number of piperidine rings is 1. The molecule has 1 fully saturated rings. The van der Waals surface area contributed by atoms with Gasteiger partial charge in [-0.05, 0) is 19.4 Å². The van der Waals surface area contributed by atoms with E-state index < -0.39 is 24.1 Å². The zero-order valence-corrected chi connectivity index (χ0v) is 20.4. The lowest BCUT2D eigenvalue weighted by Gasteiger charge is -2.34. The van der Waals surface area contributed by atoms with E-state index in [9.17, 15) is 14.7 Å². The molecule has 180 valence electrons. The summed E-state index contributed by atoms with van der Waals surface area (Å²) in [4.78, 5) is 37.5. The van der Waals surface area contributed by atoms with Crippen LogP contribution >= 0.6 is 34.5 Å². The van der Waals surface area contributed by atoms with Crippen molar-refractivity contribution in [3.05, 3.63) is 44.6 Å². The number of carboxylic acid groups (broad SMARTS) is 1. The number of aryl methyl sites for hydroxylation is 1. The summed E-state index contributed by atoms with van der Waals surface area (Å²) in [5, 5.41) is 13.0. The first-order valence-corrected chi connectivity index (χ1v) is 11.7. The molecule has 1 aliphatic heterocycles. The third-order valence-corrected chi connectivity index (χ3v) is 7.48. The van der Waals surface area contributed by atoms with Crippen LogP contribution < -0.4 is 15.0 Å². The van der Waals surface area contributed by atoms with E-state index in [0.717, 1.165) is 11.3 Å². The molecule has 0 radical (unpaired) electrons. The smallest absolute Gasteiger partial charge is 0.348 e. The van der Waals surface area contributed by atoms with Crippen molar-refractivity contribution in [2.75, 3.05) is 25.1 Å². The van der Waals surface area contributed by atoms with E-state index in [4.69, 9.17) is 27.9 Å². The number of aromatic amines is 1. The molecule has 1 saturated heterocycles. The van der Waals surface area contributed by atoms with Crippen LogP contribution in [0.4, 0.5) is 9.52 Å². The van der Waals surface area contributed by atoms with Gasteiger partial charge in [0.15, 0.2) is 5.13 Å². The van der Waals surface area contributed by atoms with E-state index in [1.54, 1.807) is 24.0 Å². The molecule has 0 saturated carbocycles. The van der Waals surface area contributed by atoms with Crippen LogP contribution in [-0.2, 0) is 0 Å². The third kappa shape index (κ3) is 4.68. The first-order chi connectivity index (χ1) is 16.2. The topological polar surface area (TPSA) is 120 Å². The molecule has 3 aromatic rings. The second kappa shape index (κ2) is 9.77. The zero-order valence-electron chi connectivity index (χ0n) is 18.1. The van der Waals surface area contributed by atoms with Crippen LogP contribution in [0.5, 0.6) is 5.75 Å². The Morgan fingerprint density at radius 3 is 2.76 bits per heavy atom. The SMILES string of the molecule is COc1ccnc(-c2nc(N3CC[C@@H](NC(=O)c4[nH]c(C)c(Cl)c4Cl)[C@@H](F)C3)sc2C(=O)O)c1. The van der Waals surface area contributed by atoms with Gasteiger partial charge in [-0.25, -0.2) is 14.2 Å². The fraction of sp³-hybridized carbons (Fsp3) is 0.333. The number of pyridine rings is 1. The number of anilines is 1. The Morgan fingerprint density at radius 2 is 2.15 bits per heavy atom. The predicted molar refractivity (Wildman–Crippen MR) is 127 cm³/mol. The van der Waals surface area contributed by atoms with Crippen molar-refractivity contribution in [2.24, 2.45) is 0 Å². The Kier molecular flexibility index (Phi) is 6.96. The molecule has 3 N–H and O–H groups in total. The number of nitrogens with zero attached hydrogens (tertiary/aromatic N) is 3. The van der Waals surface area contributed by atoms with E-state index in [-0.39, 0.29) is 39.3 Å². The highest BCUT2D eigenvalue weighted by atomic mass is 35.5. The molecule has 0 bridgehead atoms. The highest BCUT2D eigenvalue weighted by molar-refractivity contribution is 7.17. The summed E-state index contributed by atoms with van der Waals surface area (Å²) in [6.45, 7) is 1.97. The number of aromatic carboxylic acids is 1. The highest BCUT2D eigenvalue weighted by Gasteiger charge is 2.34. The van der Waals surface area contributed by atoms with Gasteiger partial charge < -0.3 is 25.0 Å². The van der Waals surface area contributed by atoms with Gasteiger partial charge in [-0.3, -0.25) is 9.78 Å². The van der Waals surface area contributed by atoms with Crippen LogP contribution in [0.25, 0.3) is 11.4 Å². The summed E-state index contributed by atoms with van der Waals surface area (Å²) >= 11 is 13.0. The van der Waals surface area contributed by atoms with Crippen LogP contribution in [0, 0.1) is 6.92 Å². The normalized spacial score (nSPS) is 18.1. The number of halogens is 3. The van der Waals surface area contributed by atoms with E-state index >= 15 is 4.39 Å². The molecule has 4 rings (SSSR count). The van der Waals surface area contributed by atoms with Gasteiger partial charge in [-0.1, -0.05) is 34.5 Å². The Balaban J connectivity index is 1.50. The Hall–Kier alpha value is -2.89. The molecule has 4 heterocycles. The van der Waals surface area contributed by atoms with Gasteiger partial charge >= 0.3 is 5.97 Å². The second-order valence-corrected chi connectivity index (χ2v) is 9.38. The standard InChI is InChI=1S/C21H20Cl2FN5O4S/c1-9-14(22)15(23)17(26-9)19(30)27-12-4-6-29(8-11(12)24)21-28-16(18(34-21)20(31)32)13-7-10(33-2)3-5-25-13/h3,5,7,11-12,26H,4,6,8H2,1-2H3,(H,27,30)(H,31,32)/t11-,12+/m0/s1. The number of carbonyl (C=O) groups excluding carboxylic acids is 1. The Labute approximate surface area is 207 Å². The van der Waals surface area contributed by atoms with Crippen LogP contribution in [0.1, 0.15) is 32.3 Å². The second-order valence-electron chi connectivity index (χ2n) is 7.64. The number of hydrogen-bond donors (Lipinski definition) is 3. The number of aromatic nitrogens is 3. The average Bonchev–Trinajstić information content (AvgIpc) is 3.38. The number of rotatable bonds is 6. The van der Waals surface area contributed by atoms with Gasteiger partial charge in [-0.15, -0.1) is 0 Å². The number of amides is 1. The van der Waals surface area contributed by atoms with Gasteiger partial charge in [0.05, 0.1) is 35.4 Å². The minimum Gasteiger partial charge on any atom is -0.497 e. The maximum absolute atomic E-state index is 15.0. The van der Waals surface area contributed by atoms with Crippen molar-refractivity contribution in [2.45, 2.75) is 25.6 Å². The Bertz CT molecular complexity index is 1250. The number of ether oxygens (including phenoxy) is 1. The number of hydrogen-bond acceptors (Lipinski definition) is 7. The van der Waals surface area contributed by atoms with Crippen LogP contribution in [-0.4, -0.2) is 64.3 Å². The zero-order chi connectivity index (χ0) is 24.6. The summed E-state index contributed by atoms with van der Waals surface area (Å²) < 4.78 is 20.2. The highest BCUT2D eigenvalue weighted by Crippen LogP contribution is 2.35. The summed E-state index contributed by atoms with van der Waals surface area (Å²) in [6.07, 6.45) is 0.362. The summed E-state index contributed by atoms with van der Waals surface area (Å²) in [6, 6.07) is 2.48. The minimum atomic E-state index is -1.42. The van der Waals surface area contributed by atoms with Crippen LogP contribution in [0.15, 0.2) is 18.3 Å². The van der Waals surface area contributed by atoms with Crippen molar-refractivity contribution in [3.63, 3.8) is 0 Å². The van der Waals surface area contributed by atoms with Crippen molar-refractivity contribution in [3.8, 4) is 17.1 Å². The van der Waals surface area contributed by atoms with E-state index in [1.807, 2.05) is 0 Å². The number of H-pyrrole nitrogens is 1. The molecule has 0 aromatic carbocycles.